The molecule has 1 saturated heterocycles. The SMILES string of the molecule is COc1cn(-c2cccc(C(F)(F)F)c2)nc1C(=O)N1CCCN(c2ccc(C#N)cc2)CC1. The highest BCUT2D eigenvalue weighted by Gasteiger charge is 2.31. The van der Waals surface area contributed by atoms with E-state index in [1.165, 1.54) is 30.1 Å². The van der Waals surface area contributed by atoms with Crippen LogP contribution < -0.4 is 9.64 Å². The number of hydrogen-bond acceptors (Lipinski definition) is 5. The molecular formula is C24H22F3N5O2. The van der Waals surface area contributed by atoms with Crippen molar-refractivity contribution in [2.45, 2.75) is 12.6 Å². The lowest BCUT2D eigenvalue weighted by molar-refractivity contribution is -0.137. The van der Waals surface area contributed by atoms with Crippen LogP contribution in [0.2, 0.25) is 0 Å². The number of carbonyl (C=O) groups is 1. The molecule has 4 rings (SSSR count). The Bertz CT molecular complexity index is 1210. The Morgan fingerprint density at radius 1 is 1.06 bits per heavy atom. The Hall–Kier alpha value is -4.00. The summed E-state index contributed by atoms with van der Waals surface area (Å²) in [5, 5.41) is 13.2. The maximum absolute atomic E-state index is 13.3. The molecule has 0 spiro atoms. The minimum atomic E-state index is -4.49. The minimum Gasteiger partial charge on any atom is -0.493 e. The van der Waals surface area contributed by atoms with E-state index in [4.69, 9.17) is 10.00 Å². The van der Waals surface area contributed by atoms with Gasteiger partial charge in [-0.25, -0.2) is 4.68 Å². The number of ether oxygens (including phenoxy) is 1. The lowest BCUT2D eigenvalue weighted by Crippen LogP contribution is -2.35. The summed E-state index contributed by atoms with van der Waals surface area (Å²) in [6.07, 6.45) is -2.36. The highest BCUT2D eigenvalue weighted by atomic mass is 19.4. The van der Waals surface area contributed by atoms with Crippen LogP contribution in [-0.2, 0) is 6.18 Å². The van der Waals surface area contributed by atoms with E-state index in [-0.39, 0.29) is 23.0 Å². The Labute approximate surface area is 194 Å². The quantitative estimate of drug-likeness (QED) is 0.575. The molecule has 10 heteroatoms. The van der Waals surface area contributed by atoms with Gasteiger partial charge in [0.15, 0.2) is 11.4 Å². The van der Waals surface area contributed by atoms with Crippen LogP contribution in [0.25, 0.3) is 5.69 Å². The molecule has 0 aliphatic carbocycles. The van der Waals surface area contributed by atoms with Gasteiger partial charge < -0.3 is 14.5 Å². The third-order valence-electron chi connectivity index (χ3n) is 5.69. The number of anilines is 1. The molecule has 2 aromatic carbocycles. The number of benzene rings is 2. The summed E-state index contributed by atoms with van der Waals surface area (Å²) >= 11 is 0. The molecule has 3 aromatic rings. The number of amides is 1. The van der Waals surface area contributed by atoms with Crippen LogP contribution in [0.1, 0.15) is 28.0 Å². The largest absolute Gasteiger partial charge is 0.493 e. The molecule has 1 aliphatic heterocycles. The third-order valence-corrected chi connectivity index (χ3v) is 5.69. The van der Waals surface area contributed by atoms with Gasteiger partial charge in [0.25, 0.3) is 5.91 Å². The zero-order valence-corrected chi connectivity index (χ0v) is 18.4. The zero-order chi connectivity index (χ0) is 24.3. The second-order valence-corrected chi connectivity index (χ2v) is 7.83. The number of methoxy groups -OCH3 is 1. The maximum atomic E-state index is 13.3. The van der Waals surface area contributed by atoms with Crippen LogP contribution in [0.4, 0.5) is 18.9 Å². The number of rotatable bonds is 4. The van der Waals surface area contributed by atoms with Crippen molar-refractivity contribution < 1.29 is 22.7 Å². The van der Waals surface area contributed by atoms with E-state index >= 15 is 0 Å². The summed E-state index contributed by atoms with van der Waals surface area (Å²) in [4.78, 5) is 17.1. The summed E-state index contributed by atoms with van der Waals surface area (Å²) in [6.45, 7) is 2.28. The number of alkyl halides is 3. The number of nitriles is 1. The van der Waals surface area contributed by atoms with Gasteiger partial charge >= 0.3 is 6.18 Å². The second-order valence-electron chi connectivity index (χ2n) is 7.83. The highest BCUT2D eigenvalue weighted by Crippen LogP contribution is 2.31. The fourth-order valence-electron chi connectivity index (χ4n) is 3.89. The molecule has 0 unspecified atom stereocenters. The molecule has 1 fully saturated rings. The van der Waals surface area contributed by atoms with Gasteiger partial charge in [-0.2, -0.15) is 23.5 Å². The molecule has 0 saturated carbocycles. The third kappa shape index (κ3) is 4.83. The highest BCUT2D eigenvalue weighted by molar-refractivity contribution is 5.95. The van der Waals surface area contributed by atoms with Crippen LogP contribution >= 0.6 is 0 Å². The van der Waals surface area contributed by atoms with E-state index in [2.05, 4.69) is 16.1 Å². The molecule has 0 atom stereocenters. The minimum absolute atomic E-state index is 0.0479. The molecule has 1 amide bonds. The van der Waals surface area contributed by atoms with Gasteiger partial charge in [0.1, 0.15) is 0 Å². The molecule has 1 aliphatic rings. The van der Waals surface area contributed by atoms with Gasteiger partial charge in [-0.3, -0.25) is 4.79 Å². The van der Waals surface area contributed by atoms with Crippen LogP contribution in [0, 0.1) is 11.3 Å². The lowest BCUT2D eigenvalue weighted by Gasteiger charge is -2.23. The van der Waals surface area contributed by atoms with E-state index in [0.717, 1.165) is 30.8 Å². The summed E-state index contributed by atoms with van der Waals surface area (Å²) in [7, 11) is 1.39. The predicted octanol–water partition coefficient (Wildman–Crippen LogP) is 4.12. The molecule has 0 N–H and O–H groups in total. The van der Waals surface area contributed by atoms with Gasteiger partial charge in [-0.05, 0) is 48.9 Å². The fourth-order valence-corrected chi connectivity index (χ4v) is 3.89. The maximum Gasteiger partial charge on any atom is 0.416 e. The summed E-state index contributed by atoms with van der Waals surface area (Å²) in [5.74, 6) is -0.153. The van der Waals surface area contributed by atoms with Gasteiger partial charge in [0, 0.05) is 31.9 Å². The Morgan fingerprint density at radius 3 is 2.50 bits per heavy atom. The first kappa shape index (κ1) is 23.2. The summed E-state index contributed by atoms with van der Waals surface area (Å²) in [5.41, 5.74) is 0.975. The molecule has 0 bridgehead atoms. The van der Waals surface area contributed by atoms with E-state index in [1.807, 2.05) is 12.1 Å². The number of halogens is 3. The first-order chi connectivity index (χ1) is 16.3. The van der Waals surface area contributed by atoms with E-state index in [1.54, 1.807) is 17.0 Å². The van der Waals surface area contributed by atoms with E-state index in [0.29, 0.717) is 25.2 Å². The number of aromatic nitrogens is 2. The average Bonchev–Trinajstić information content (AvgIpc) is 3.13. The van der Waals surface area contributed by atoms with E-state index in [9.17, 15) is 18.0 Å². The van der Waals surface area contributed by atoms with Crippen LogP contribution in [0.15, 0.2) is 54.7 Å². The standard InChI is InChI=1S/C24H22F3N5O2/c1-34-21-16-32(20-5-2-4-18(14-20)24(25,26)27)29-22(21)23(33)31-11-3-10-30(12-13-31)19-8-6-17(15-28)7-9-19/h2,4-9,14,16H,3,10-13H2,1H3. The van der Waals surface area contributed by atoms with Crippen molar-refractivity contribution in [2.75, 3.05) is 38.2 Å². The topological polar surface area (TPSA) is 74.4 Å². The van der Waals surface area contributed by atoms with Crippen molar-refractivity contribution in [3.05, 3.63) is 71.5 Å². The molecule has 176 valence electrons. The van der Waals surface area contributed by atoms with Gasteiger partial charge in [-0.1, -0.05) is 6.07 Å². The summed E-state index contributed by atoms with van der Waals surface area (Å²) < 4.78 is 45.8. The van der Waals surface area contributed by atoms with Crippen molar-refractivity contribution in [1.82, 2.24) is 14.7 Å². The van der Waals surface area contributed by atoms with Crippen LogP contribution in [0.5, 0.6) is 5.75 Å². The normalized spacial score (nSPS) is 14.4. The Morgan fingerprint density at radius 2 is 1.82 bits per heavy atom. The predicted molar refractivity (Wildman–Crippen MR) is 119 cm³/mol. The van der Waals surface area contributed by atoms with Crippen molar-refractivity contribution in [2.24, 2.45) is 0 Å². The number of hydrogen-bond donors (Lipinski definition) is 0. The molecule has 2 heterocycles. The zero-order valence-electron chi connectivity index (χ0n) is 18.4. The summed E-state index contributed by atoms with van der Waals surface area (Å²) in [6, 6.07) is 14.1. The van der Waals surface area contributed by atoms with Crippen LogP contribution in [0.3, 0.4) is 0 Å². The molecular weight excluding hydrogens is 447 g/mol. The average molecular weight is 469 g/mol. The van der Waals surface area contributed by atoms with Crippen molar-refractivity contribution in [3.8, 4) is 17.5 Å². The molecule has 7 nitrogen and oxygen atoms in total. The van der Waals surface area contributed by atoms with E-state index < -0.39 is 11.7 Å². The first-order valence-corrected chi connectivity index (χ1v) is 10.7. The smallest absolute Gasteiger partial charge is 0.416 e. The molecule has 0 radical (unpaired) electrons. The van der Waals surface area contributed by atoms with Crippen LogP contribution in [-0.4, -0.2) is 53.9 Å². The molecule has 1 aromatic heterocycles. The van der Waals surface area contributed by atoms with Gasteiger partial charge in [-0.15, -0.1) is 0 Å². The van der Waals surface area contributed by atoms with Gasteiger partial charge in [0.2, 0.25) is 0 Å². The monoisotopic (exact) mass is 469 g/mol. The van der Waals surface area contributed by atoms with Gasteiger partial charge in [0.05, 0.1) is 36.2 Å². The molecule has 34 heavy (non-hydrogen) atoms. The number of nitrogens with zero attached hydrogens (tertiary/aromatic N) is 5. The Balaban J connectivity index is 1.53. The fraction of sp³-hybridized carbons (Fsp3) is 0.292. The lowest BCUT2D eigenvalue weighted by atomic mass is 10.2. The second kappa shape index (κ2) is 9.47. The van der Waals surface area contributed by atoms with Crippen molar-refractivity contribution >= 4 is 11.6 Å². The van der Waals surface area contributed by atoms with Crippen molar-refractivity contribution in [1.29, 1.82) is 5.26 Å². The number of carbonyl (C=O) groups excluding carboxylic acids is 1. The Kier molecular flexibility index (Phi) is 6.45. The first-order valence-electron chi connectivity index (χ1n) is 10.7. The van der Waals surface area contributed by atoms with Crippen molar-refractivity contribution in [3.63, 3.8) is 0 Å².